The molecule has 0 unspecified atom stereocenters. The van der Waals surface area contributed by atoms with Crippen LogP contribution in [-0.4, -0.2) is 71.6 Å². The van der Waals surface area contributed by atoms with Gasteiger partial charge < -0.3 is 20.0 Å². The van der Waals surface area contributed by atoms with Crippen molar-refractivity contribution in [3.8, 4) is 0 Å². The molecule has 1 saturated heterocycles. The Bertz CT molecular complexity index is 813. The smallest absolute Gasteiger partial charge is 0.225 e. The number of nitrogens with one attached hydrogen (secondary N) is 2. The van der Waals surface area contributed by atoms with Crippen LogP contribution in [0.1, 0.15) is 45.8 Å². The van der Waals surface area contributed by atoms with Gasteiger partial charge in [0, 0.05) is 57.1 Å². The molecule has 1 fully saturated rings. The molecule has 178 valence electrons. The molecule has 0 aromatic carbocycles. The highest BCUT2D eigenvalue weighted by Gasteiger charge is 2.19. The highest BCUT2D eigenvalue weighted by Crippen LogP contribution is 2.22. The normalized spacial score (nSPS) is 15.4. The van der Waals surface area contributed by atoms with Crippen molar-refractivity contribution < 1.29 is 4.42 Å². The molecule has 0 amide bonds. The van der Waals surface area contributed by atoms with E-state index in [1.807, 2.05) is 6.07 Å². The third-order valence-corrected chi connectivity index (χ3v) is 5.16. The summed E-state index contributed by atoms with van der Waals surface area (Å²) in [5.41, 5.74) is -0.0443. The van der Waals surface area contributed by atoms with E-state index in [2.05, 4.69) is 68.1 Å². The standard InChI is InChI=1S/C22H36N8O.HI/c1-5-23-20(28-17-19-27-16-18(31-19)22(2,3)4)24-10-7-11-29-12-14-30(15-13-29)21-25-8-6-9-26-21;/h6,8-9,16H,5,7,10-15,17H2,1-4H3,(H2,23,24,28);1H. The van der Waals surface area contributed by atoms with E-state index in [-0.39, 0.29) is 29.4 Å². The van der Waals surface area contributed by atoms with Crippen molar-refractivity contribution in [1.82, 2.24) is 30.5 Å². The summed E-state index contributed by atoms with van der Waals surface area (Å²) < 4.78 is 5.83. The average Bonchev–Trinajstić information content (AvgIpc) is 3.26. The summed E-state index contributed by atoms with van der Waals surface area (Å²) in [5.74, 6) is 3.15. The van der Waals surface area contributed by atoms with Crippen molar-refractivity contribution >= 4 is 35.9 Å². The third kappa shape index (κ3) is 8.19. The van der Waals surface area contributed by atoms with Gasteiger partial charge in [0.25, 0.3) is 0 Å². The van der Waals surface area contributed by atoms with E-state index >= 15 is 0 Å². The second-order valence-corrected chi connectivity index (χ2v) is 8.72. The van der Waals surface area contributed by atoms with E-state index in [1.54, 1.807) is 18.6 Å². The first-order valence-electron chi connectivity index (χ1n) is 11.2. The molecule has 1 aliphatic rings. The first-order valence-corrected chi connectivity index (χ1v) is 11.2. The van der Waals surface area contributed by atoms with Crippen molar-refractivity contribution in [1.29, 1.82) is 0 Å². The van der Waals surface area contributed by atoms with Crippen LogP contribution in [0.25, 0.3) is 0 Å². The molecular weight excluding hydrogens is 519 g/mol. The molecule has 10 heteroatoms. The number of hydrogen-bond donors (Lipinski definition) is 2. The Hall–Kier alpha value is -1.95. The number of piperazine rings is 1. The van der Waals surface area contributed by atoms with Crippen LogP contribution in [0.5, 0.6) is 0 Å². The maximum atomic E-state index is 5.83. The lowest BCUT2D eigenvalue weighted by molar-refractivity contribution is 0.254. The molecule has 0 bridgehead atoms. The zero-order valence-corrected chi connectivity index (χ0v) is 22.0. The molecule has 3 rings (SSSR count). The number of oxazole rings is 1. The van der Waals surface area contributed by atoms with Crippen LogP contribution in [0, 0.1) is 0 Å². The fourth-order valence-electron chi connectivity index (χ4n) is 3.35. The molecule has 1 aliphatic heterocycles. The largest absolute Gasteiger partial charge is 0.443 e. The Morgan fingerprint density at radius 1 is 1.09 bits per heavy atom. The van der Waals surface area contributed by atoms with E-state index < -0.39 is 0 Å². The van der Waals surface area contributed by atoms with Gasteiger partial charge in [-0.15, -0.1) is 24.0 Å². The number of nitrogens with zero attached hydrogens (tertiary/aromatic N) is 6. The molecule has 0 atom stereocenters. The van der Waals surface area contributed by atoms with E-state index in [1.165, 1.54) is 0 Å². The van der Waals surface area contributed by atoms with Gasteiger partial charge in [0.05, 0.1) is 6.20 Å². The van der Waals surface area contributed by atoms with Crippen LogP contribution in [0.2, 0.25) is 0 Å². The van der Waals surface area contributed by atoms with Crippen molar-refractivity contribution in [2.24, 2.45) is 4.99 Å². The number of guanidine groups is 1. The summed E-state index contributed by atoms with van der Waals surface area (Å²) in [6.07, 6.45) is 6.46. The third-order valence-electron chi connectivity index (χ3n) is 5.16. The number of halogens is 1. The fraction of sp³-hybridized carbons (Fsp3) is 0.636. The molecule has 0 radical (unpaired) electrons. The molecular formula is C22H37IN8O. The summed E-state index contributed by atoms with van der Waals surface area (Å²) in [5, 5.41) is 6.70. The lowest BCUT2D eigenvalue weighted by atomic mass is 9.94. The van der Waals surface area contributed by atoms with E-state index in [0.29, 0.717) is 12.4 Å². The Balaban J connectivity index is 0.00000363. The first-order chi connectivity index (χ1) is 15.0. The zero-order chi connectivity index (χ0) is 22.1. The summed E-state index contributed by atoms with van der Waals surface area (Å²) >= 11 is 0. The summed E-state index contributed by atoms with van der Waals surface area (Å²) in [7, 11) is 0. The summed E-state index contributed by atoms with van der Waals surface area (Å²) in [6.45, 7) is 15.6. The van der Waals surface area contributed by atoms with Crippen LogP contribution in [0.3, 0.4) is 0 Å². The number of aromatic nitrogens is 3. The molecule has 0 spiro atoms. The van der Waals surface area contributed by atoms with E-state index in [0.717, 1.165) is 69.9 Å². The molecule has 3 heterocycles. The summed E-state index contributed by atoms with van der Waals surface area (Å²) in [4.78, 5) is 22.4. The number of aliphatic imine (C=N–C) groups is 1. The minimum Gasteiger partial charge on any atom is -0.443 e. The lowest BCUT2D eigenvalue weighted by Crippen LogP contribution is -2.47. The molecule has 0 aliphatic carbocycles. The highest BCUT2D eigenvalue weighted by molar-refractivity contribution is 14.0. The summed E-state index contributed by atoms with van der Waals surface area (Å²) in [6, 6.07) is 1.85. The van der Waals surface area contributed by atoms with Gasteiger partial charge in [0.15, 0.2) is 5.96 Å². The second kappa shape index (κ2) is 12.9. The maximum absolute atomic E-state index is 5.83. The van der Waals surface area contributed by atoms with Crippen molar-refractivity contribution in [2.75, 3.05) is 50.7 Å². The van der Waals surface area contributed by atoms with E-state index in [4.69, 9.17) is 4.42 Å². The van der Waals surface area contributed by atoms with Crippen molar-refractivity contribution in [3.05, 3.63) is 36.3 Å². The Morgan fingerprint density at radius 3 is 2.44 bits per heavy atom. The Labute approximate surface area is 208 Å². The van der Waals surface area contributed by atoms with Crippen molar-refractivity contribution in [3.63, 3.8) is 0 Å². The monoisotopic (exact) mass is 556 g/mol. The van der Waals surface area contributed by atoms with Crippen LogP contribution in [-0.2, 0) is 12.0 Å². The average molecular weight is 556 g/mol. The van der Waals surface area contributed by atoms with Gasteiger partial charge >= 0.3 is 0 Å². The van der Waals surface area contributed by atoms with Gasteiger partial charge in [-0.3, -0.25) is 4.90 Å². The van der Waals surface area contributed by atoms with Gasteiger partial charge in [-0.2, -0.15) is 0 Å². The number of rotatable bonds is 8. The molecule has 2 aromatic heterocycles. The van der Waals surface area contributed by atoms with Crippen LogP contribution in [0.4, 0.5) is 5.95 Å². The number of hydrogen-bond acceptors (Lipinski definition) is 7. The van der Waals surface area contributed by atoms with Gasteiger partial charge in [0.1, 0.15) is 12.3 Å². The minimum atomic E-state index is -0.0443. The minimum absolute atomic E-state index is 0. The highest BCUT2D eigenvalue weighted by atomic mass is 127. The van der Waals surface area contributed by atoms with Crippen LogP contribution < -0.4 is 15.5 Å². The second-order valence-electron chi connectivity index (χ2n) is 8.72. The maximum Gasteiger partial charge on any atom is 0.225 e. The zero-order valence-electron chi connectivity index (χ0n) is 19.7. The SMILES string of the molecule is CCNC(=NCc1ncc(C(C)(C)C)o1)NCCCN1CCN(c2ncccn2)CC1.I. The van der Waals surface area contributed by atoms with Gasteiger partial charge in [-0.1, -0.05) is 20.8 Å². The predicted molar refractivity (Wildman–Crippen MR) is 139 cm³/mol. The van der Waals surface area contributed by atoms with Crippen LogP contribution in [0.15, 0.2) is 34.1 Å². The topological polar surface area (TPSA) is 94.7 Å². The Morgan fingerprint density at radius 2 is 1.81 bits per heavy atom. The Kier molecular flexibility index (Phi) is 10.6. The van der Waals surface area contributed by atoms with Gasteiger partial charge in [0.2, 0.25) is 11.8 Å². The first kappa shape index (κ1) is 26.3. The quantitative estimate of drug-likeness (QED) is 0.222. The number of anilines is 1. The predicted octanol–water partition coefficient (Wildman–Crippen LogP) is 2.65. The van der Waals surface area contributed by atoms with Crippen LogP contribution >= 0.6 is 24.0 Å². The van der Waals surface area contributed by atoms with Gasteiger partial charge in [-0.25, -0.2) is 19.9 Å². The molecule has 0 saturated carbocycles. The molecule has 2 N–H and O–H groups in total. The lowest BCUT2D eigenvalue weighted by Gasteiger charge is -2.34. The molecule has 2 aromatic rings. The molecule has 32 heavy (non-hydrogen) atoms. The van der Waals surface area contributed by atoms with Gasteiger partial charge in [-0.05, 0) is 26.0 Å². The van der Waals surface area contributed by atoms with Crippen molar-refractivity contribution in [2.45, 2.75) is 46.1 Å². The fourth-order valence-corrected chi connectivity index (χ4v) is 3.35. The molecule has 9 nitrogen and oxygen atoms in total. The van der Waals surface area contributed by atoms with E-state index in [9.17, 15) is 0 Å².